The highest BCUT2D eigenvalue weighted by molar-refractivity contribution is 6.17. The second-order valence-corrected chi connectivity index (χ2v) is 5.84. The predicted octanol–water partition coefficient (Wildman–Crippen LogP) is 5.01. The molecule has 3 nitrogen and oxygen atoms in total. The molecule has 24 heavy (non-hydrogen) atoms. The molecule has 2 aromatic rings. The van der Waals surface area contributed by atoms with Crippen LogP contribution in [-0.2, 0) is 9.47 Å². The van der Waals surface area contributed by atoms with E-state index in [1.165, 1.54) is 0 Å². The molecule has 1 unspecified atom stereocenters. The summed E-state index contributed by atoms with van der Waals surface area (Å²) >= 11 is 5.68. The van der Waals surface area contributed by atoms with E-state index in [4.69, 9.17) is 21.1 Å². The summed E-state index contributed by atoms with van der Waals surface area (Å²) in [4.78, 5) is 12.2. The number of hydrogen-bond acceptors (Lipinski definition) is 3. The van der Waals surface area contributed by atoms with E-state index in [2.05, 4.69) is 0 Å². The molecule has 2 aromatic carbocycles. The number of carbonyl (C=O) groups excluding carboxylic acids is 1. The van der Waals surface area contributed by atoms with Crippen molar-refractivity contribution in [3.8, 4) is 0 Å². The Hall–Kier alpha value is -1.68. The van der Waals surface area contributed by atoms with Crippen molar-refractivity contribution in [2.75, 3.05) is 19.1 Å². The number of rotatable bonds is 11. The van der Waals surface area contributed by atoms with Crippen molar-refractivity contribution >= 4 is 17.4 Å². The minimum atomic E-state index is -0.533. The maximum atomic E-state index is 12.2. The molecule has 0 aliphatic rings. The van der Waals surface area contributed by atoms with Gasteiger partial charge in [0.1, 0.15) is 6.61 Å². The summed E-state index contributed by atoms with van der Waals surface area (Å²) in [6.07, 6.45) is 2.39. The molecule has 0 saturated heterocycles. The van der Waals surface area contributed by atoms with Gasteiger partial charge in [0.15, 0.2) is 12.1 Å². The average Bonchev–Trinajstić information content (AvgIpc) is 2.65. The van der Waals surface area contributed by atoms with Gasteiger partial charge >= 0.3 is 0 Å². The number of Topliss-reactive ketones (excluding diaryl/α,β-unsaturated/α-hetero) is 1. The van der Waals surface area contributed by atoms with Gasteiger partial charge in [-0.1, -0.05) is 60.7 Å². The zero-order chi connectivity index (χ0) is 17.0. The number of benzene rings is 2. The van der Waals surface area contributed by atoms with Crippen LogP contribution in [0.2, 0.25) is 0 Å². The van der Waals surface area contributed by atoms with Gasteiger partial charge < -0.3 is 9.47 Å². The Balaban J connectivity index is 1.89. The first kappa shape index (κ1) is 18.7. The fourth-order valence-corrected chi connectivity index (χ4v) is 2.46. The number of hydrogen-bond donors (Lipinski definition) is 0. The molecular weight excluding hydrogens is 324 g/mol. The Kier molecular flexibility index (Phi) is 8.53. The first-order chi connectivity index (χ1) is 11.8. The van der Waals surface area contributed by atoms with E-state index >= 15 is 0 Å². The molecule has 4 heteroatoms. The Morgan fingerprint density at radius 1 is 0.875 bits per heavy atom. The van der Waals surface area contributed by atoms with Crippen molar-refractivity contribution in [1.82, 2.24) is 0 Å². The number of ether oxygens (including phenoxy) is 2. The van der Waals surface area contributed by atoms with Crippen LogP contribution in [0.25, 0.3) is 0 Å². The SMILES string of the molecule is O=C(COC(OCCCCCCl)c1ccccc1)c1ccccc1. The van der Waals surface area contributed by atoms with Crippen LogP contribution in [0.1, 0.15) is 41.5 Å². The fraction of sp³-hybridized carbons (Fsp3) is 0.350. The van der Waals surface area contributed by atoms with Crippen molar-refractivity contribution in [2.45, 2.75) is 25.6 Å². The minimum Gasteiger partial charge on any atom is -0.348 e. The third-order valence-corrected chi connectivity index (χ3v) is 3.85. The van der Waals surface area contributed by atoms with Gasteiger partial charge in [-0.2, -0.15) is 0 Å². The lowest BCUT2D eigenvalue weighted by atomic mass is 10.1. The van der Waals surface area contributed by atoms with Crippen LogP contribution in [0.5, 0.6) is 0 Å². The summed E-state index contributed by atoms with van der Waals surface area (Å²) in [6.45, 7) is 0.571. The third kappa shape index (κ3) is 6.44. The summed E-state index contributed by atoms with van der Waals surface area (Å²) in [6, 6.07) is 18.8. The predicted molar refractivity (Wildman–Crippen MR) is 96.4 cm³/mol. The highest BCUT2D eigenvalue weighted by atomic mass is 35.5. The molecule has 1 atom stereocenters. The van der Waals surface area contributed by atoms with Gasteiger partial charge in [0.25, 0.3) is 0 Å². The lowest BCUT2D eigenvalue weighted by Crippen LogP contribution is -2.16. The minimum absolute atomic E-state index is 0.00868. The van der Waals surface area contributed by atoms with Crippen LogP contribution in [0.15, 0.2) is 60.7 Å². The third-order valence-electron chi connectivity index (χ3n) is 3.58. The molecule has 0 saturated carbocycles. The number of ketones is 1. The molecule has 0 fully saturated rings. The van der Waals surface area contributed by atoms with Crippen molar-refractivity contribution in [1.29, 1.82) is 0 Å². The smallest absolute Gasteiger partial charge is 0.188 e. The van der Waals surface area contributed by atoms with Gasteiger partial charge in [-0.3, -0.25) is 4.79 Å². The summed E-state index contributed by atoms with van der Waals surface area (Å²) in [5, 5.41) is 0. The molecule has 0 heterocycles. The van der Waals surface area contributed by atoms with Crippen LogP contribution in [0.3, 0.4) is 0 Å². The summed E-state index contributed by atoms with van der Waals surface area (Å²) in [7, 11) is 0. The summed E-state index contributed by atoms with van der Waals surface area (Å²) < 4.78 is 11.6. The van der Waals surface area contributed by atoms with Gasteiger partial charge in [0, 0.05) is 17.0 Å². The van der Waals surface area contributed by atoms with Crippen LogP contribution in [0.4, 0.5) is 0 Å². The fourth-order valence-electron chi connectivity index (χ4n) is 2.27. The van der Waals surface area contributed by atoms with Crippen molar-refractivity contribution in [2.24, 2.45) is 0 Å². The molecule has 0 amide bonds. The van der Waals surface area contributed by atoms with Crippen LogP contribution < -0.4 is 0 Å². The first-order valence-electron chi connectivity index (χ1n) is 8.23. The highest BCUT2D eigenvalue weighted by Crippen LogP contribution is 2.20. The molecule has 0 aromatic heterocycles. The molecule has 0 spiro atoms. The molecule has 0 aliphatic carbocycles. The standard InChI is InChI=1S/C20H23ClO3/c21-14-8-3-9-15-23-20(18-12-6-2-7-13-18)24-16-19(22)17-10-4-1-5-11-17/h1-2,4-7,10-13,20H,3,8-9,14-16H2. The normalized spacial score (nSPS) is 12.0. The molecular formula is C20H23ClO3. The van der Waals surface area contributed by atoms with E-state index in [-0.39, 0.29) is 12.4 Å². The van der Waals surface area contributed by atoms with Gasteiger partial charge in [-0.15, -0.1) is 11.6 Å². The van der Waals surface area contributed by atoms with Gasteiger partial charge in [-0.25, -0.2) is 0 Å². The number of alkyl halides is 1. The summed E-state index contributed by atoms with van der Waals surface area (Å²) in [5.74, 6) is 0.617. The Bertz CT molecular complexity index is 586. The largest absolute Gasteiger partial charge is 0.348 e. The van der Waals surface area contributed by atoms with Gasteiger partial charge in [0.2, 0.25) is 0 Å². The van der Waals surface area contributed by atoms with E-state index in [9.17, 15) is 4.79 Å². The van der Waals surface area contributed by atoms with E-state index in [0.717, 1.165) is 24.8 Å². The quantitative estimate of drug-likeness (QED) is 0.248. The lowest BCUT2D eigenvalue weighted by molar-refractivity contribution is -0.140. The zero-order valence-corrected chi connectivity index (χ0v) is 14.5. The molecule has 0 radical (unpaired) electrons. The maximum absolute atomic E-state index is 12.2. The van der Waals surface area contributed by atoms with Crippen molar-refractivity contribution in [3.63, 3.8) is 0 Å². The number of carbonyl (C=O) groups is 1. The Labute approximate surface area is 148 Å². The van der Waals surface area contributed by atoms with E-state index in [1.807, 2.05) is 48.5 Å². The topological polar surface area (TPSA) is 35.5 Å². The van der Waals surface area contributed by atoms with Crippen molar-refractivity contribution in [3.05, 3.63) is 71.8 Å². The van der Waals surface area contributed by atoms with E-state index in [1.54, 1.807) is 12.1 Å². The molecule has 0 N–H and O–H groups in total. The highest BCUT2D eigenvalue weighted by Gasteiger charge is 2.15. The molecule has 0 aliphatic heterocycles. The molecule has 128 valence electrons. The van der Waals surface area contributed by atoms with Crippen LogP contribution in [-0.4, -0.2) is 24.9 Å². The monoisotopic (exact) mass is 346 g/mol. The number of halogens is 1. The van der Waals surface area contributed by atoms with E-state index in [0.29, 0.717) is 18.1 Å². The second-order valence-electron chi connectivity index (χ2n) is 5.46. The first-order valence-corrected chi connectivity index (χ1v) is 8.77. The van der Waals surface area contributed by atoms with Crippen LogP contribution >= 0.6 is 11.6 Å². The van der Waals surface area contributed by atoms with Crippen LogP contribution in [0, 0.1) is 0 Å². The Morgan fingerprint density at radius 3 is 2.21 bits per heavy atom. The average molecular weight is 347 g/mol. The second kappa shape index (κ2) is 11.0. The zero-order valence-electron chi connectivity index (χ0n) is 13.7. The van der Waals surface area contributed by atoms with Gasteiger partial charge in [-0.05, 0) is 19.3 Å². The lowest BCUT2D eigenvalue weighted by Gasteiger charge is -2.18. The maximum Gasteiger partial charge on any atom is 0.188 e. The number of unbranched alkanes of at least 4 members (excludes halogenated alkanes) is 2. The molecule has 0 bridgehead atoms. The summed E-state index contributed by atoms with van der Waals surface area (Å²) in [5.41, 5.74) is 1.56. The van der Waals surface area contributed by atoms with Crippen molar-refractivity contribution < 1.29 is 14.3 Å². The van der Waals surface area contributed by atoms with E-state index < -0.39 is 6.29 Å². The van der Waals surface area contributed by atoms with Gasteiger partial charge in [0.05, 0.1) is 6.61 Å². The Morgan fingerprint density at radius 2 is 1.54 bits per heavy atom. The molecule has 2 rings (SSSR count).